The van der Waals surface area contributed by atoms with Crippen molar-refractivity contribution in [2.24, 2.45) is 0 Å². The summed E-state index contributed by atoms with van der Waals surface area (Å²) in [6.07, 6.45) is -5.26. The Hall–Kier alpha value is -3.03. The predicted molar refractivity (Wildman–Crippen MR) is 107 cm³/mol. The first-order chi connectivity index (χ1) is 13.9. The molecule has 30 heavy (non-hydrogen) atoms. The van der Waals surface area contributed by atoms with Gasteiger partial charge in [0.1, 0.15) is 11.6 Å². The van der Waals surface area contributed by atoms with Crippen LogP contribution in [0.1, 0.15) is 56.5 Å². The van der Waals surface area contributed by atoms with Gasteiger partial charge in [-0.3, -0.25) is 4.79 Å². The zero-order valence-corrected chi connectivity index (χ0v) is 17.2. The summed E-state index contributed by atoms with van der Waals surface area (Å²) in [4.78, 5) is 25.1. The number of nitrogens with one attached hydrogen (secondary N) is 2. The Morgan fingerprint density at radius 1 is 0.900 bits per heavy atom. The number of alkyl halides is 3. The maximum atomic E-state index is 13.0. The number of hydrogen-bond acceptors (Lipinski definition) is 3. The van der Waals surface area contributed by atoms with Gasteiger partial charge in [-0.25, -0.2) is 4.79 Å². The van der Waals surface area contributed by atoms with Crippen LogP contribution in [0.5, 0.6) is 0 Å². The molecule has 0 spiro atoms. The highest BCUT2D eigenvalue weighted by molar-refractivity contribution is 5.87. The van der Waals surface area contributed by atoms with E-state index in [0.29, 0.717) is 11.1 Å². The molecule has 0 bridgehead atoms. The fraction of sp³-hybridized carbons (Fsp3) is 0.364. The molecule has 1 unspecified atom stereocenters. The number of alkyl carbamates (subject to hydrolysis) is 1. The highest BCUT2D eigenvalue weighted by atomic mass is 19.4. The van der Waals surface area contributed by atoms with Crippen molar-refractivity contribution in [3.63, 3.8) is 0 Å². The van der Waals surface area contributed by atoms with Gasteiger partial charge in [-0.05, 0) is 51.0 Å². The van der Waals surface area contributed by atoms with Crippen LogP contribution < -0.4 is 10.6 Å². The smallest absolute Gasteiger partial charge is 0.416 e. The van der Waals surface area contributed by atoms with E-state index in [2.05, 4.69) is 10.6 Å². The van der Waals surface area contributed by atoms with Gasteiger partial charge in [-0.1, -0.05) is 42.5 Å². The van der Waals surface area contributed by atoms with Gasteiger partial charge in [0.15, 0.2) is 0 Å². The lowest BCUT2D eigenvalue weighted by Crippen LogP contribution is -2.43. The third-order valence-electron chi connectivity index (χ3n) is 4.13. The Morgan fingerprint density at radius 2 is 1.50 bits per heavy atom. The van der Waals surface area contributed by atoms with Gasteiger partial charge < -0.3 is 15.4 Å². The standard InChI is InChI=1S/C22H25F3N2O3/c1-14(16-11-8-12-17(13-16)22(23,24)25)26-19(28)18(15-9-6-5-7-10-15)27-20(29)30-21(2,3)4/h5-14,18H,1-4H3,(H,26,28)(H,27,29)/t14?,18-/m0/s1. The topological polar surface area (TPSA) is 67.4 Å². The summed E-state index contributed by atoms with van der Waals surface area (Å²) in [7, 11) is 0. The molecule has 0 aliphatic carbocycles. The summed E-state index contributed by atoms with van der Waals surface area (Å²) in [5.41, 5.74) is -0.750. The van der Waals surface area contributed by atoms with Crippen molar-refractivity contribution in [1.82, 2.24) is 10.6 Å². The predicted octanol–water partition coefficient (Wildman–Crippen LogP) is 5.15. The highest BCUT2D eigenvalue weighted by Gasteiger charge is 2.31. The summed E-state index contributed by atoms with van der Waals surface area (Å²) in [6.45, 7) is 6.66. The van der Waals surface area contributed by atoms with E-state index < -0.39 is 41.4 Å². The third-order valence-corrected chi connectivity index (χ3v) is 4.13. The second-order valence-electron chi connectivity index (χ2n) is 7.84. The summed E-state index contributed by atoms with van der Waals surface area (Å²) < 4.78 is 44.1. The van der Waals surface area contributed by atoms with Crippen LogP contribution in [0, 0.1) is 0 Å². The van der Waals surface area contributed by atoms with Crippen LogP contribution in [0.3, 0.4) is 0 Å². The number of benzene rings is 2. The van der Waals surface area contributed by atoms with Crippen LogP contribution in [0.4, 0.5) is 18.0 Å². The Bertz CT molecular complexity index is 877. The minimum atomic E-state index is -4.48. The molecule has 2 aromatic carbocycles. The summed E-state index contributed by atoms with van der Waals surface area (Å²) in [6, 6.07) is 11.5. The lowest BCUT2D eigenvalue weighted by Gasteiger charge is -2.25. The number of ether oxygens (including phenoxy) is 1. The molecule has 0 aromatic heterocycles. The number of amides is 2. The SMILES string of the molecule is CC(NC(=O)[C@@H](NC(=O)OC(C)(C)C)c1ccccc1)c1cccc(C(F)(F)F)c1. The normalized spacial score (nSPS) is 13.8. The van der Waals surface area contributed by atoms with Gasteiger partial charge >= 0.3 is 12.3 Å². The molecule has 0 heterocycles. The van der Waals surface area contributed by atoms with Crippen LogP contribution >= 0.6 is 0 Å². The fourth-order valence-electron chi connectivity index (χ4n) is 2.74. The molecule has 0 fully saturated rings. The third kappa shape index (κ3) is 6.79. The van der Waals surface area contributed by atoms with Crippen LogP contribution in [0.2, 0.25) is 0 Å². The van der Waals surface area contributed by atoms with Crippen molar-refractivity contribution in [2.45, 2.75) is 51.6 Å². The minimum Gasteiger partial charge on any atom is -0.444 e. The Balaban J connectivity index is 2.21. The molecule has 2 atom stereocenters. The van der Waals surface area contributed by atoms with E-state index in [-0.39, 0.29) is 0 Å². The van der Waals surface area contributed by atoms with Crippen molar-refractivity contribution in [2.75, 3.05) is 0 Å². The average Bonchev–Trinajstić information content (AvgIpc) is 2.64. The van der Waals surface area contributed by atoms with Gasteiger partial charge in [0.2, 0.25) is 5.91 Å². The van der Waals surface area contributed by atoms with E-state index in [1.807, 2.05) is 0 Å². The van der Waals surface area contributed by atoms with Gasteiger partial charge in [0.05, 0.1) is 11.6 Å². The fourth-order valence-corrected chi connectivity index (χ4v) is 2.74. The summed E-state index contributed by atoms with van der Waals surface area (Å²) in [5, 5.41) is 5.19. The first kappa shape index (κ1) is 23.3. The van der Waals surface area contributed by atoms with Crippen molar-refractivity contribution < 1.29 is 27.5 Å². The number of carbonyl (C=O) groups excluding carboxylic acids is 2. The molecule has 0 aliphatic rings. The largest absolute Gasteiger partial charge is 0.444 e. The van der Waals surface area contributed by atoms with Gasteiger partial charge in [0, 0.05) is 0 Å². The molecular formula is C22H25F3N2O3. The monoisotopic (exact) mass is 422 g/mol. The first-order valence-corrected chi connectivity index (χ1v) is 9.39. The van der Waals surface area contributed by atoms with Crippen molar-refractivity contribution in [1.29, 1.82) is 0 Å². The minimum absolute atomic E-state index is 0.294. The molecule has 8 heteroatoms. The second-order valence-corrected chi connectivity index (χ2v) is 7.84. The number of rotatable bonds is 5. The van der Waals surface area contributed by atoms with Crippen LogP contribution in [-0.2, 0) is 15.7 Å². The first-order valence-electron chi connectivity index (χ1n) is 9.39. The van der Waals surface area contributed by atoms with E-state index in [9.17, 15) is 22.8 Å². The van der Waals surface area contributed by atoms with Gasteiger partial charge in [-0.15, -0.1) is 0 Å². The molecule has 2 aromatic rings. The maximum absolute atomic E-state index is 13.0. The lowest BCUT2D eigenvalue weighted by atomic mass is 10.0. The average molecular weight is 422 g/mol. The van der Waals surface area contributed by atoms with Crippen LogP contribution in [0.25, 0.3) is 0 Å². The Kier molecular flexibility index (Phi) is 7.12. The molecule has 2 amide bonds. The van der Waals surface area contributed by atoms with Gasteiger partial charge in [-0.2, -0.15) is 13.2 Å². The molecular weight excluding hydrogens is 397 g/mol. The quantitative estimate of drug-likeness (QED) is 0.700. The van der Waals surface area contributed by atoms with Crippen molar-refractivity contribution >= 4 is 12.0 Å². The second kappa shape index (κ2) is 9.19. The van der Waals surface area contributed by atoms with E-state index in [0.717, 1.165) is 12.1 Å². The number of hydrogen-bond donors (Lipinski definition) is 2. The Morgan fingerprint density at radius 3 is 2.07 bits per heavy atom. The molecule has 5 nitrogen and oxygen atoms in total. The van der Waals surface area contributed by atoms with Crippen LogP contribution in [-0.4, -0.2) is 17.6 Å². The number of halogens is 3. The molecule has 2 rings (SSSR count). The lowest BCUT2D eigenvalue weighted by molar-refractivity contribution is -0.137. The Labute approximate surface area is 173 Å². The van der Waals surface area contributed by atoms with Gasteiger partial charge in [0.25, 0.3) is 0 Å². The molecule has 0 saturated carbocycles. The molecule has 0 aliphatic heterocycles. The number of carbonyl (C=O) groups is 2. The van der Waals surface area contributed by atoms with E-state index in [1.165, 1.54) is 12.1 Å². The van der Waals surface area contributed by atoms with E-state index >= 15 is 0 Å². The molecule has 0 saturated heterocycles. The molecule has 2 N–H and O–H groups in total. The van der Waals surface area contributed by atoms with Crippen LogP contribution in [0.15, 0.2) is 54.6 Å². The summed E-state index contributed by atoms with van der Waals surface area (Å²) >= 11 is 0. The summed E-state index contributed by atoms with van der Waals surface area (Å²) in [5.74, 6) is -0.572. The zero-order chi connectivity index (χ0) is 22.5. The maximum Gasteiger partial charge on any atom is 0.416 e. The highest BCUT2D eigenvalue weighted by Crippen LogP contribution is 2.30. The molecule has 0 radical (unpaired) electrons. The van der Waals surface area contributed by atoms with Crippen molar-refractivity contribution in [3.05, 3.63) is 71.3 Å². The van der Waals surface area contributed by atoms with E-state index in [1.54, 1.807) is 58.0 Å². The van der Waals surface area contributed by atoms with E-state index in [4.69, 9.17) is 4.74 Å². The van der Waals surface area contributed by atoms with Crippen molar-refractivity contribution in [3.8, 4) is 0 Å². The molecule has 162 valence electrons. The zero-order valence-electron chi connectivity index (χ0n) is 17.2.